The largest absolute Gasteiger partial charge is 0.464 e. The molecule has 1 aromatic heterocycles. The Morgan fingerprint density at radius 2 is 2.13 bits per heavy atom. The highest BCUT2D eigenvalue weighted by Crippen LogP contribution is 2.31. The number of carbonyl (C=O) groups excluding carboxylic acids is 2. The summed E-state index contributed by atoms with van der Waals surface area (Å²) in [7, 11) is 1.32. The lowest BCUT2D eigenvalue weighted by molar-refractivity contribution is 0.0594. The monoisotopic (exact) mass is 350 g/mol. The molecule has 1 saturated carbocycles. The van der Waals surface area contributed by atoms with Gasteiger partial charge in [-0.2, -0.15) is 0 Å². The lowest BCUT2D eigenvalue weighted by Crippen LogP contribution is -2.32. The van der Waals surface area contributed by atoms with E-state index in [-0.39, 0.29) is 17.6 Å². The van der Waals surface area contributed by atoms with E-state index in [1.807, 2.05) is 0 Å². The number of nitrogens with zero attached hydrogens (tertiary/aromatic N) is 2. The van der Waals surface area contributed by atoms with E-state index in [0.29, 0.717) is 22.1 Å². The molecule has 1 fully saturated rings. The molecule has 1 heterocycles. The molecule has 0 spiro atoms. The van der Waals surface area contributed by atoms with Gasteiger partial charge in [-0.1, -0.05) is 23.7 Å². The Hall–Kier alpha value is -1.92. The lowest BCUT2D eigenvalue weighted by atomic mass is 10.2. The number of rotatable bonds is 5. The van der Waals surface area contributed by atoms with Crippen LogP contribution in [0.4, 0.5) is 0 Å². The number of hydrogen-bond donors (Lipinski definition) is 0. The van der Waals surface area contributed by atoms with Gasteiger partial charge in [0.15, 0.2) is 5.69 Å². The van der Waals surface area contributed by atoms with Crippen LogP contribution >= 0.6 is 22.9 Å². The van der Waals surface area contributed by atoms with E-state index in [4.69, 9.17) is 11.6 Å². The topological polar surface area (TPSA) is 59.5 Å². The number of hydrogen-bond acceptors (Lipinski definition) is 5. The molecule has 1 amide bonds. The average Bonchev–Trinajstić information content (AvgIpc) is 3.30. The number of ether oxygens (including phenoxy) is 1. The van der Waals surface area contributed by atoms with Gasteiger partial charge in [0.25, 0.3) is 5.91 Å². The predicted molar refractivity (Wildman–Crippen MR) is 87.8 cm³/mol. The van der Waals surface area contributed by atoms with Crippen LogP contribution in [0.1, 0.15) is 38.7 Å². The van der Waals surface area contributed by atoms with Crippen molar-refractivity contribution >= 4 is 34.8 Å². The second-order valence-electron chi connectivity index (χ2n) is 5.26. The van der Waals surface area contributed by atoms with E-state index in [0.717, 1.165) is 12.8 Å². The summed E-state index contributed by atoms with van der Waals surface area (Å²) in [5.74, 6) is -0.573. The number of esters is 1. The maximum atomic E-state index is 12.8. The first-order valence-electron chi connectivity index (χ1n) is 7.18. The summed E-state index contributed by atoms with van der Waals surface area (Å²) in [5.41, 5.74) is 0.763. The van der Waals surface area contributed by atoms with Crippen molar-refractivity contribution in [3.8, 4) is 0 Å². The Labute approximate surface area is 142 Å². The molecule has 0 unspecified atom stereocenters. The molecule has 1 aliphatic carbocycles. The van der Waals surface area contributed by atoms with Crippen molar-refractivity contribution in [1.82, 2.24) is 9.88 Å². The highest BCUT2D eigenvalue weighted by molar-refractivity contribution is 7.09. The van der Waals surface area contributed by atoms with Crippen LogP contribution in [0.2, 0.25) is 5.02 Å². The Balaban J connectivity index is 1.80. The van der Waals surface area contributed by atoms with Gasteiger partial charge in [0.05, 0.1) is 24.2 Å². The van der Waals surface area contributed by atoms with Crippen LogP contribution in [0.15, 0.2) is 29.6 Å². The van der Waals surface area contributed by atoms with Crippen LogP contribution in [-0.4, -0.2) is 34.9 Å². The smallest absolute Gasteiger partial charge is 0.357 e. The molecule has 2 aromatic rings. The van der Waals surface area contributed by atoms with Crippen LogP contribution in [-0.2, 0) is 11.3 Å². The van der Waals surface area contributed by atoms with Crippen molar-refractivity contribution in [3.63, 3.8) is 0 Å². The van der Waals surface area contributed by atoms with Gasteiger partial charge in [0.2, 0.25) is 0 Å². The lowest BCUT2D eigenvalue weighted by Gasteiger charge is -2.21. The Bertz CT molecular complexity index is 742. The third-order valence-corrected chi connectivity index (χ3v) is 4.77. The minimum atomic E-state index is -0.470. The van der Waals surface area contributed by atoms with Crippen LogP contribution in [0.25, 0.3) is 0 Å². The number of thiazole rings is 1. The van der Waals surface area contributed by atoms with Crippen molar-refractivity contribution in [2.75, 3.05) is 7.11 Å². The summed E-state index contributed by atoms with van der Waals surface area (Å²) in [5, 5.41) is 2.79. The van der Waals surface area contributed by atoms with Gasteiger partial charge in [-0.25, -0.2) is 9.78 Å². The first-order valence-corrected chi connectivity index (χ1v) is 8.44. The van der Waals surface area contributed by atoms with Gasteiger partial charge in [-0.15, -0.1) is 11.3 Å². The quantitative estimate of drug-likeness (QED) is 0.775. The van der Waals surface area contributed by atoms with Crippen LogP contribution in [0.3, 0.4) is 0 Å². The maximum Gasteiger partial charge on any atom is 0.357 e. The van der Waals surface area contributed by atoms with Crippen molar-refractivity contribution in [3.05, 3.63) is 50.9 Å². The molecule has 23 heavy (non-hydrogen) atoms. The van der Waals surface area contributed by atoms with Gasteiger partial charge in [0, 0.05) is 11.4 Å². The summed E-state index contributed by atoms with van der Waals surface area (Å²) in [6.45, 7) is 0.371. The first kappa shape index (κ1) is 16.0. The average molecular weight is 351 g/mol. The zero-order valence-corrected chi connectivity index (χ0v) is 14.1. The second-order valence-corrected chi connectivity index (χ2v) is 6.61. The molecule has 5 nitrogen and oxygen atoms in total. The normalized spacial score (nSPS) is 13.7. The van der Waals surface area contributed by atoms with E-state index in [1.165, 1.54) is 18.4 Å². The number of halogens is 1. The molecule has 0 atom stereocenters. The van der Waals surface area contributed by atoms with Gasteiger partial charge in [-0.3, -0.25) is 4.79 Å². The number of carbonyl (C=O) groups is 2. The molecule has 3 rings (SSSR count). The summed E-state index contributed by atoms with van der Waals surface area (Å²) in [4.78, 5) is 30.3. The van der Waals surface area contributed by atoms with Crippen LogP contribution < -0.4 is 0 Å². The fraction of sp³-hybridized carbons (Fsp3) is 0.312. The van der Waals surface area contributed by atoms with E-state index >= 15 is 0 Å². The van der Waals surface area contributed by atoms with E-state index in [1.54, 1.807) is 34.5 Å². The molecule has 1 aliphatic rings. The summed E-state index contributed by atoms with van der Waals surface area (Å²) < 4.78 is 4.65. The SMILES string of the molecule is COC(=O)c1csc(CN(C(=O)c2ccccc2Cl)C2CC2)n1. The van der Waals surface area contributed by atoms with Gasteiger partial charge in [-0.05, 0) is 25.0 Å². The minimum absolute atomic E-state index is 0.104. The molecular weight excluding hydrogens is 336 g/mol. The highest BCUT2D eigenvalue weighted by Gasteiger charge is 2.34. The third-order valence-electron chi connectivity index (χ3n) is 3.60. The van der Waals surface area contributed by atoms with Crippen molar-refractivity contribution in [1.29, 1.82) is 0 Å². The number of aromatic nitrogens is 1. The fourth-order valence-electron chi connectivity index (χ4n) is 2.27. The molecule has 1 aromatic carbocycles. The molecule has 0 radical (unpaired) electrons. The summed E-state index contributed by atoms with van der Waals surface area (Å²) >= 11 is 7.48. The second kappa shape index (κ2) is 6.68. The maximum absolute atomic E-state index is 12.8. The van der Waals surface area contributed by atoms with E-state index < -0.39 is 5.97 Å². The molecule has 120 valence electrons. The van der Waals surface area contributed by atoms with E-state index in [9.17, 15) is 9.59 Å². The van der Waals surface area contributed by atoms with Gasteiger partial charge < -0.3 is 9.64 Å². The first-order chi connectivity index (χ1) is 11.1. The molecule has 7 heteroatoms. The number of amides is 1. The Kier molecular flexibility index (Phi) is 4.63. The zero-order valence-electron chi connectivity index (χ0n) is 12.5. The standard InChI is InChI=1S/C16H15ClN2O3S/c1-22-16(21)13-9-23-14(18-13)8-19(10-6-7-10)15(20)11-4-2-3-5-12(11)17/h2-5,9-10H,6-8H2,1H3. The van der Waals surface area contributed by atoms with Crippen molar-refractivity contribution < 1.29 is 14.3 Å². The number of methoxy groups -OCH3 is 1. The minimum Gasteiger partial charge on any atom is -0.464 e. The third kappa shape index (κ3) is 3.54. The summed E-state index contributed by atoms with van der Waals surface area (Å²) in [6.07, 6.45) is 1.96. The van der Waals surface area contributed by atoms with E-state index in [2.05, 4.69) is 9.72 Å². The van der Waals surface area contributed by atoms with Gasteiger partial charge in [0.1, 0.15) is 5.01 Å². The molecular formula is C16H15ClN2O3S. The molecule has 0 saturated heterocycles. The van der Waals surface area contributed by atoms with Gasteiger partial charge >= 0.3 is 5.97 Å². The molecule has 0 N–H and O–H groups in total. The predicted octanol–water partition coefficient (Wildman–Crippen LogP) is 3.39. The zero-order chi connectivity index (χ0) is 16.4. The highest BCUT2D eigenvalue weighted by atomic mass is 35.5. The van der Waals surface area contributed by atoms with Crippen molar-refractivity contribution in [2.45, 2.75) is 25.4 Å². The van der Waals surface area contributed by atoms with Crippen molar-refractivity contribution in [2.24, 2.45) is 0 Å². The molecule has 0 bridgehead atoms. The Morgan fingerprint density at radius 1 is 1.39 bits per heavy atom. The summed E-state index contributed by atoms with van der Waals surface area (Å²) in [6, 6.07) is 7.23. The Morgan fingerprint density at radius 3 is 2.78 bits per heavy atom. The number of benzene rings is 1. The van der Waals surface area contributed by atoms with Crippen LogP contribution in [0, 0.1) is 0 Å². The molecule has 0 aliphatic heterocycles. The van der Waals surface area contributed by atoms with Crippen LogP contribution in [0.5, 0.6) is 0 Å². The fourth-order valence-corrected chi connectivity index (χ4v) is 3.25.